The zero-order valence-corrected chi connectivity index (χ0v) is 17.0. The lowest BCUT2D eigenvalue weighted by Crippen LogP contribution is -2.32. The van der Waals surface area contributed by atoms with Crippen molar-refractivity contribution in [1.82, 2.24) is 5.43 Å². The molecule has 0 saturated carbocycles. The molecule has 0 atom stereocenters. The van der Waals surface area contributed by atoms with Crippen molar-refractivity contribution >= 4 is 35.3 Å². The number of halogens is 1. The Hall–Kier alpha value is -3.64. The van der Waals surface area contributed by atoms with Gasteiger partial charge in [0, 0.05) is 10.7 Å². The molecule has 7 heteroatoms. The molecule has 30 heavy (non-hydrogen) atoms. The van der Waals surface area contributed by atoms with E-state index in [1.165, 1.54) is 6.21 Å². The molecule has 0 aromatic heterocycles. The quantitative estimate of drug-likeness (QED) is 0.353. The third kappa shape index (κ3) is 6.18. The van der Waals surface area contributed by atoms with Crippen LogP contribution in [0.5, 0.6) is 5.75 Å². The number of hydrazone groups is 1. The lowest BCUT2D eigenvalue weighted by Gasteiger charge is -2.06. The summed E-state index contributed by atoms with van der Waals surface area (Å²) in [5.41, 5.74) is 5.32. The number of carbonyl (C=O) groups is 2. The maximum atomic E-state index is 11.9. The molecule has 0 aliphatic heterocycles. The number of rotatable bonds is 6. The van der Waals surface area contributed by atoms with Crippen molar-refractivity contribution in [2.24, 2.45) is 5.10 Å². The summed E-state index contributed by atoms with van der Waals surface area (Å²) in [4.78, 5) is 23.8. The fourth-order valence-corrected chi connectivity index (χ4v) is 2.65. The first-order valence-corrected chi connectivity index (χ1v) is 9.56. The van der Waals surface area contributed by atoms with Gasteiger partial charge in [0.1, 0.15) is 12.4 Å². The highest BCUT2D eigenvalue weighted by Crippen LogP contribution is 2.19. The van der Waals surface area contributed by atoms with Crippen molar-refractivity contribution < 1.29 is 14.3 Å². The Balaban J connectivity index is 1.47. The van der Waals surface area contributed by atoms with Crippen molar-refractivity contribution in [2.45, 2.75) is 13.5 Å². The van der Waals surface area contributed by atoms with Crippen molar-refractivity contribution in [3.63, 3.8) is 0 Å². The number of amides is 2. The Labute approximate surface area is 179 Å². The fraction of sp³-hybridized carbons (Fsp3) is 0.0870. The van der Waals surface area contributed by atoms with E-state index >= 15 is 0 Å². The van der Waals surface area contributed by atoms with Gasteiger partial charge < -0.3 is 10.1 Å². The Morgan fingerprint density at radius 3 is 2.43 bits per heavy atom. The lowest BCUT2D eigenvalue weighted by atomic mass is 10.2. The number of aryl methyl sites for hydroxylation is 1. The largest absolute Gasteiger partial charge is 0.489 e. The van der Waals surface area contributed by atoms with Crippen LogP contribution in [0.2, 0.25) is 5.02 Å². The van der Waals surface area contributed by atoms with Crippen molar-refractivity contribution in [3.8, 4) is 5.75 Å². The van der Waals surface area contributed by atoms with Gasteiger partial charge in [0.15, 0.2) is 0 Å². The molecule has 0 aliphatic carbocycles. The van der Waals surface area contributed by atoms with Gasteiger partial charge in [-0.15, -0.1) is 0 Å². The first kappa shape index (κ1) is 21.1. The highest BCUT2D eigenvalue weighted by Gasteiger charge is 2.13. The van der Waals surface area contributed by atoms with Crippen LogP contribution in [0.1, 0.15) is 16.7 Å². The molecular formula is C23H20ClN3O3. The molecule has 0 spiro atoms. The zero-order chi connectivity index (χ0) is 21.3. The van der Waals surface area contributed by atoms with Crippen LogP contribution in [0.3, 0.4) is 0 Å². The number of ether oxygens (including phenoxy) is 1. The van der Waals surface area contributed by atoms with Crippen molar-refractivity contribution in [1.29, 1.82) is 0 Å². The van der Waals surface area contributed by atoms with Gasteiger partial charge in [0.25, 0.3) is 0 Å². The number of benzene rings is 3. The molecule has 0 fully saturated rings. The molecule has 6 nitrogen and oxygen atoms in total. The number of carbonyl (C=O) groups excluding carboxylic acids is 2. The number of nitrogens with one attached hydrogen (secondary N) is 2. The van der Waals surface area contributed by atoms with Crippen LogP contribution >= 0.6 is 11.6 Å². The standard InChI is InChI=1S/C23H20ClN3O3/c1-16-7-10-19(13-21(16)24)26-22(28)23(29)27-25-14-17-8-11-20(12-9-17)30-15-18-5-3-2-4-6-18/h2-14H,15H2,1H3,(H,26,28)(H,27,29)/b25-14-. The molecule has 3 aromatic rings. The van der Waals surface area contributed by atoms with E-state index < -0.39 is 11.8 Å². The average Bonchev–Trinajstić information content (AvgIpc) is 2.76. The molecule has 3 aromatic carbocycles. The molecule has 0 heterocycles. The molecule has 2 N–H and O–H groups in total. The van der Waals surface area contributed by atoms with E-state index in [-0.39, 0.29) is 0 Å². The van der Waals surface area contributed by atoms with Crippen LogP contribution in [0.15, 0.2) is 77.9 Å². The molecule has 152 valence electrons. The molecular weight excluding hydrogens is 402 g/mol. The third-order valence-corrected chi connectivity index (χ3v) is 4.55. The van der Waals surface area contributed by atoms with E-state index in [2.05, 4.69) is 15.8 Å². The fourth-order valence-electron chi connectivity index (χ4n) is 2.47. The second kappa shape index (κ2) is 10.2. The Morgan fingerprint density at radius 1 is 1.00 bits per heavy atom. The van der Waals surface area contributed by atoms with Gasteiger partial charge in [-0.3, -0.25) is 9.59 Å². The number of hydrogen-bond acceptors (Lipinski definition) is 4. The predicted molar refractivity (Wildman–Crippen MR) is 118 cm³/mol. The van der Waals surface area contributed by atoms with Crippen LogP contribution in [-0.2, 0) is 16.2 Å². The molecule has 0 unspecified atom stereocenters. The molecule has 0 radical (unpaired) electrons. The number of anilines is 1. The minimum Gasteiger partial charge on any atom is -0.489 e. The maximum Gasteiger partial charge on any atom is 0.329 e. The number of nitrogens with zero attached hydrogens (tertiary/aromatic N) is 1. The van der Waals surface area contributed by atoms with Gasteiger partial charge in [-0.25, -0.2) is 5.43 Å². The van der Waals surface area contributed by atoms with E-state index in [1.807, 2.05) is 37.3 Å². The monoisotopic (exact) mass is 421 g/mol. The second-order valence-corrected chi connectivity index (χ2v) is 6.87. The minimum absolute atomic E-state index is 0.431. The zero-order valence-electron chi connectivity index (χ0n) is 16.3. The summed E-state index contributed by atoms with van der Waals surface area (Å²) in [6.07, 6.45) is 1.44. The third-order valence-electron chi connectivity index (χ3n) is 4.14. The predicted octanol–water partition coefficient (Wildman–Crippen LogP) is 4.32. The van der Waals surface area contributed by atoms with E-state index in [9.17, 15) is 9.59 Å². The summed E-state index contributed by atoms with van der Waals surface area (Å²) in [6.45, 7) is 2.32. The second-order valence-electron chi connectivity index (χ2n) is 6.46. The van der Waals surface area contributed by atoms with Crippen molar-refractivity contribution in [2.75, 3.05) is 5.32 Å². The van der Waals surface area contributed by atoms with Gasteiger partial charge in [-0.2, -0.15) is 5.10 Å². The summed E-state index contributed by atoms with van der Waals surface area (Å²) in [5.74, 6) is -1.00. The van der Waals surface area contributed by atoms with Crippen molar-refractivity contribution in [3.05, 3.63) is 94.5 Å². The van der Waals surface area contributed by atoms with Crippen LogP contribution in [-0.4, -0.2) is 18.0 Å². The van der Waals surface area contributed by atoms with E-state index in [4.69, 9.17) is 16.3 Å². The van der Waals surface area contributed by atoms with Crippen LogP contribution in [0, 0.1) is 6.92 Å². The van der Waals surface area contributed by atoms with Crippen LogP contribution in [0.25, 0.3) is 0 Å². The Bertz CT molecular complexity index is 1050. The molecule has 3 rings (SSSR count). The summed E-state index contributed by atoms with van der Waals surface area (Å²) in [7, 11) is 0. The maximum absolute atomic E-state index is 11.9. The molecule has 0 saturated heterocycles. The SMILES string of the molecule is Cc1ccc(NC(=O)C(=O)N/N=C\c2ccc(OCc3ccccc3)cc2)cc1Cl. The van der Waals surface area contributed by atoms with Gasteiger partial charge in [0.05, 0.1) is 6.21 Å². The first-order valence-electron chi connectivity index (χ1n) is 9.18. The normalized spacial score (nSPS) is 10.6. The van der Waals surface area contributed by atoms with Crippen LogP contribution in [0.4, 0.5) is 5.69 Å². The first-order chi connectivity index (χ1) is 14.5. The molecule has 2 amide bonds. The highest BCUT2D eigenvalue weighted by molar-refractivity contribution is 6.39. The van der Waals surface area contributed by atoms with Gasteiger partial charge in [-0.1, -0.05) is 48.0 Å². The van der Waals surface area contributed by atoms with E-state index in [0.29, 0.717) is 17.3 Å². The summed E-state index contributed by atoms with van der Waals surface area (Å²) < 4.78 is 5.72. The summed E-state index contributed by atoms with van der Waals surface area (Å²) in [6, 6.07) is 22.1. The highest BCUT2D eigenvalue weighted by atomic mass is 35.5. The Morgan fingerprint density at radius 2 is 1.73 bits per heavy atom. The van der Waals surface area contributed by atoms with Gasteiger partial charge in [-0.05, 0) is 60.0 Å². The number of hydrogen-bond donors (Lipinski definition) is 2. The minimum atomic E-state index is -0.884. The Kier molecular flexibility index (Phi) is 7.19. The van der Waals surface area contributed by atoms with Gasteiger partial charge >= 0.3 is 11.8 Å². The molecule has 0 bridgehead atoms. The summed E-state index contributed by atoms with van der Waals surface area (Å²) in [5, 5.41) is 6.78. The average molecular weight is 422 g/mol. The molecule has 0 aliphatic rings. The van der Waals surface area contributed by atoms with E-state index in [1.54, 1.807) is 42.5 Å². The van der Waals surface area contributed by atoms with Gasteiger partial charge in [0.2, 0.25) is 0 Å². The van der Waals surface area contributed by atoms with Crippen LogP contribution < -0.4 is 15.5 Å². The lowest BCUT2D eigenvalue weighted by molar-refractivity contribution is -0.136. The smallest absolute Gasteiger partial charge is 0.329 e. The summed E-state index contributed by atoms with van der Waals surface area (Å²) >= 11 is 6.01. The topological polar surface area (TPSA) is 79.8 Å². The van der Waals surface area contributed by atoms with E-state index in [0.717, 1.165) is 22.4 Å².